The van der Waals surface area contributed by atoms with Gasteiger partial charge in [0.2, 0.25) is 0 Å². The molecule has 0 aliphatic heterocycles. The number of hydrogen-bond donors (Lipinski definition) is 1. The van der Waals surface area contributed by atoms with Gasteiger partial charge in [-0.15, -0.1) is 11.3 Å². The number of pyridine rings is 1. The number of nitriles is 1. The van der Waals surface area contributed by atoms with Gasteiger partial charge in [-0.25, -0.2) is 4.98 Å². The van der Waals surface area contributed by atoms with Gasteiger partial charge >= 0.3 is 0 Å². The van der Waals surface area contributed by atoms with Gasteiger partial charge in [-0.3, -0.25) is 15.8 Å². The normalized spacial score (nSPS) is 14.1. The Morgan fingerprint density at radius 1 is 1.33 bits per heavy atom. The van der Waals surface area contributed by atoms with E-state index in [0.717, 1.165) is 71.5 Å². The zero-order valence-electron chi connectivity index (χ0n) is 15.6. The predicted molar refractivity (Wildman–Crippen MR) is 107 cm³/mol. The van der Waals surface area contributed by atoms with Gasteiger partial charge in [0.25, 0.3) is 11.5 Å². The van der Waals surface area contributed by atoms with Crippen molar-refractivity contribution in [2.24, 2.45) is 0 Å². The molecule has 0 bridgehead atoms. The fourth-order valence-corrected chi connectivity index (χ4v) is 5.03. The van der Waals surface area contributed by atoms with Gasteiger partial charge in [0.1, 0.15) is 17.3 Å². The van der Waals surface area contributed by atoms with Crippen LogP contribution in [-0.2, 0) is 19.3 Å². The standard InChI is InChI=1S/C20H24N4O2S/c1-2-3-10-17-16(24(25)26)11-18(27-17)19-13-8-6-4-5-7-9-15(13)23-20(22)14(19)12-21/h11H,2-10H2,1H3,(H2,22,23)/p+1. The number of nitrogens with one attached hydrogen (secondary N) is 1. The molecule has 2 heterocycles. The second-order valence-electron chi connectivity index (χ2n) is 7.05. The third kappa shape index (κ3) is 3.96. The molecule has 0 amide bonds. The number of aromatic amines is 1. The lowest BCUT2D eigenvalue weighted by Crippen LogP contribution is -2.23. The summed E-state index contributed by atoms with van der Waals surface area (Å²) in [5, 5.41) is 21.3. The summed E-state index contributed by atoms with van der Waals surface area (Å²) in [5.74, 6) is 0.359. The first-order valence-corrected chi connectivity index (χ1v) is 10.4. The summed E-state index contributed by atoms with van der Waals surface area (Å²) < 4.78 is 0. The maximum absolute atomic E-state index is 11.6. The molecule has 0 aromatic carbocycles. The van der Waals surface area contributed by atoms with Gasteiger partial charge in [-0.1, -0.05) is 26.2 Å². The van der Waals surface area contributed by atoms with E-state index >= 15 is 0 Å². The monoisotopic (exact) mass is 385 g/mol. The third-order valence-corrected chi connectivity index (χ3v) is 6.38. The number of fused-ring (bicyclic) bond motifs is 1. The van der Waals surface area contributed by atoms with Gasteiger partial charge in [0.05, 0.1) is 9.80 Å². The van der Waals surface area contributed by atoms with Crippen LogP contribution in [0.2, 0.25) is 0 Å². The van der Waals surface area contributed by atoms with Gasteiger partial charge in [0.15, 0.2) is 0 Å². The molecule has 2 aromatic rings. The number of thiophene rings is 1. The molecule has 3 N–H and O–H groups in total. The van der Waals surface area contributed by atoms with E-state index in [0.29, 0.717) is 17.8 Å². The highest BCUT2D eigenvalue weighted by Crippen LogP contribution is 2.41. The molecule has 0 spiro atoms. The van der Waals surface area contributed by atoms with E-state index in [4.69, 9.17) is 5.73 Å². The Balaban J connectivity index is 2.20. The van der Waals surface area contributed by atoms with E-state index < -0.39 is 0 Å². The molecule has 142 valence electrons. The Morgan fingerprint density at radius 3 is 2.74 bits per heavy atom. The molecular formula is C20H25N4O2S+. The van der Waals surface area contributed by atoms with Crippen molar-refractivity contribution in [2.45, 2.75) is 64.7 Å². The Bertz CT molecular complexity index is 898. The molecular weight excluding hydrogens is 360 g/mol. The van der Waals surface area contributed by atoms with E-state index in [1.807, 2.05) is 0 Å². The Labute approximate surface area is 163 Å². The van der Waals surface area contributed by atoms with Crippen LogP contribution in [0.1, 0.15) is 67.1 Å². The highest BCUT2D eigenvalue weighted by molar-refractivity contribution is 7.16. The first-order chi connectivity index (χ1) is 13.1. The molecule has 0 saturated carbocycles. The van der Waals surface area contributed by atoms with E-state index in [1.165, 1.54) is 17.8 Å². The van der Waals surface area contributed by atoms with Crippen LogP contribution in [0.15, 0.2) is 6.07 Å². The summed E-state index contributed by atoms with van der Waals surface area (Å²) in [4.78, 5) is 16.1. The van der Waals surface area contributed by atoms with E-state index in [2.05, 4.69) is 18.0 Å². The number of aryl methyl sites for hydroxylation is 2. The zero-order valence-corrected chi connectivity index (χ0v) is 16.5. The molecule has 27 heavy (non-hydrogen) atoms. The molecule has 3 rings (SSSR count). The van der Waals surface area contributed by atoms with Crippen molar-refractivity contribution >= 4 is 22.8 Å². The number of anilines is 1. The zero-order chi connectivity index (χ0) is 19.4. The fourth-order valence-electron chi connectivity index (χ4n) is 3.78. The van der Waals surface area contributed by atoms with Crippen LogP contribution >= 0.6 is 11.3 Å². The minimum atomic E-state index is -0.306. The van der Waals surface area contributed by atoms with Crippen molar-refractivity contribution in [3.05, 3.63) is 37.9 Å². The Hall–Kier alpha value is -2.46. The van der Waals surface area contributed by atoms with Crippen LogP contribution in [0.5, 0.6) is 0 Å². The number of aromatic nitrogens is 1. The highest BCUT2D eigenvalue weighted by Gasteiger charge is 2.27. The molecule has 7 heteroatoms. The van der Waals surface area contributed by atoms with E-state index in [1.54, 1.807) is 6.07 Å². The fraction of sp³-hybridized carbons (Fsp3) is 0.500. The highest BCUT2D eigenvalue weighted by atomic mass is 32.1. The van der Waals surface area contributed by atoms with E-state index in [-0.39, 0.29) is 10.6 Å². The Morgan fingerprint density at radius 2 is 2.07 bits per heavy atom. The van der Waals surface area contributed by atoms with Crippen molar-refractivity contribution in [2.75, 3.05) is 5.73 Å². The van der Waals surface area contributed by atoms with E-state index in [9.17, 15) is 15.4 Å². The average molecular weight is 386 g/mol. The largest absolute Gasteiger partial charge is 0.289 e. The number of nitro groups is 1. The SMILES string of the molecule is CCCCc1sc(-c2c(C#N)c(N)[nH+]c3c2CCCCCC3)cc1[N+](=O)[O-]. The number of rotatable bonds is 5. The molecule has 0 saturated heterocycles. The maximum atomic E-state index is 11.6. The predicted octanol–water partition coefficient (Wildman–Crippen LogP) is 4.59. The lowest BCUT2D eigenvalue weighted by Gasteiger charge is -2.16. The molecule has 2 aromatic heterocycles. The molecule has 1 aliphatic carbocycles. The summed E-state index contributed by atoms with van der Waals surface area (Å²) in [6, 6.07) is 3.87. The van der Waals surface area contributed by atoms with Gasteiger partial charge in [-0.2, -0.15) is 5.26 Å². The van der Waals surface area contributed by atoms with Crippen LogP contribution in [0.25, 0.3) is 10.4 Å². The van der Waals surface area contributed by atoms with Crippen LogP contribution in [0.3, 0.4) is 0 Å². The number of nitrogens with two attached hydrogens (primary N) is 1. The topological polar surface area (TPSA) is 107 Å². The number of nitrogen functional groups attached to an aromatic ring is 1. The van der Waals surface area contributed by atoms with Crippen LogP contribution in [0, 0.1) is 21.4 Å². The van der Waals surface area contributed by atoms with Gasteiger partial charge < -0.3 is 0 Å². The van der Waals surface area contributed by atoms with Crippen molar-refractivity contribution in [3.63, 3.8) is 0 Å². The summed E-state index contributed by atoms with van der Waals surface area (Å²) in [6.45, 7) is 2.07. The van der Waals surface area contributed by atoms with Gasteiger partial charge in [0, 0.05) is 28.5 Å². The number of unbranched alkanes of at least 4 members (excludes halogenated alkanes) is 1. The average Bonchev–Trinajstić information content (AvgIpc) is 3.04. The smallest absolute Gasteiger partial charge is 0.286 e. The van der Waals surface area contributed by atoms with Crippen molar-refractivity contribution in [1.82, 2.24) is 0 Å². The van der Waals surface area contributed by atoms with Gasteiger partial charge in [-0.05, 0) is 32.1 Å². The summed E-state index contributed by atoms with van der Waals surface area (Å²) >= 11 is 1.44. The first kappa shape index (κ1) is 19.3. The molecule has 0 radical (unpaired) electrons. The second kappa shape index (κ2) is 8.49. The second-order valence-corrected chi connectivity index (χ2v) is 8.19. The third-order valence-electron chi connectivity index (χ3n) is 5.17. The number of H-pyrrole nitrogens is 1. The first-order valence-electron chi connectivity index (χ1n) is 9.60. The lowest BCUT2D eigenvalue weighted by atomic mass is 9.90. The van der Waals surface area contributed by atoms with Crippen LogP contribution in [-0.4, -0.2) is 4.92 Å². The summed E-state index contributed by atoms with van der Waals surface area (Å²) in [5.41, 5.74) is 9.73. The molecule has 0 fully saturated rings. The molecule has 6 nitrogen and oxygen atoms in total. The minimum Gasteiger partial charge on any atom is -0.286 e. The molecule has 0 unspecified atom stereocenters. The minimum absolute atomic E-state index is 0.165. The number of hydrogen-bond acceptors (Lipinski definition) is 5. The number of nitrogens with zero attached hydrogens (tertiary/aromatic N) is 2. The summed E-state index contributed by atoms with van der Waals surface area (Å²) in [6.07, 6.45) is 8.84. The summed E-state index contributed by atoms with van der Waals surface area (Å²) in [7, 11) is 0. The van der Waals surface area contributed by atoms with Crippen molar-refractivity contribution in [1.29, 1.82) is 5.26 Å². The van der Waals surface area contributed by atoms with Crippen LogP contribution in [0.4, 0.5) is 11.5 Å². The van der Waals surface area contributed by atoms with Crippen molar-refractivity contribution in [3.8, 4) is 16.5 Å². The molecule has 1 aliphatic rings. The lowest BCUT2D eigenvalue weighted by molar-refractivity contribution is -0.385. The maximum Gasteiger partial charge on any atom is 0.289 e. The van der Waals surface area contributed by atoms with Crippen molar-refractivity contribution < 1.29 is 9.91 Å². The Kier molecular flexibility index (Phi) is 6.07. The van der Waals surface area contributed by atoms with Crippen LogP contribution < -0.4 is 10.7 Å². The molecule has 0 atom stereocenters. The quantitative estimate of drug-likeness (QED) is 0.599.